The molecule has 0 bridgehead atoms. The van der Waals surface area contributed by atoms with Crippen LogP contribution in [0.25, 0.3) is 0 Å². The Morgan fingerprint density at radius 2 is 2.38 bits per heavy atom. The van der Waals surface area contributed by atoms with E-state index in [0.29, 0.717) is 17.8 Å². The molecule has 90 valence electrons. The van der Waals surface area contributed by atoms with Crippen LogP contribution in [0.1, 0.15) is 25.2 Å². The van der Waals surface area contributed by atoms with E-state index in [9.17, 15) is 0 Å². The van der Waals surface area contributed by atoms with Crippen molar-refractivity contribution in [3.8, 4) is 0 Å². The normalized spacial score (nSPS) is 27.2. The Morgan fingerprint density at radius 3 is 3.06 bits per heavy atom. The third kappa shape index (κ3) is 2.62. The van der Waals surface area contributed by atoms with Crippen molar-refractivity contribution in [2.45, 2.75) is 38.2 Å². The molecule has 4 heteroatoms. The van der Waals surface area contributed by atoms with Crippen LogP contribution in [-0.4, -0.2) is 28.5 Å². The van der Waals surface area contributed by atoms with Gasteiger partial charge >= 0.3 is 0 Å². The third-order valence-electron chi connectivity index (χ3n) is 3.32. The summed E-state index contributed by atoms with van der Waals surface area (Å²) in [7, 11) is 0. The van der Waals surface area contributed by atoms with Gasteiger partial charge in [-0.3, -0.25) is 4.90 Å². The van der Waals surface area contributed by atoms with Crippen LogP contribution in [0.5, 0.6) is 0 Å². The molecule has 16 heavy (non-hydrogen) atoms. The minimum absolute atomic E-state index is 0.561. The van der Waals surface area contributed by atoms with Crippen LogP contribution in [0, 0.1) is 0 Å². The average molecular weight is 240 g/mol. The second-order valence-corrected chi connectivity index (χ2v) is 5.90. The molecule has 0 aliphatic carbocycles. The van der Waals surface area contributed by atoms with Gasteiger partial charge in [-0.15, -0.1) is 0 Å². The van der Waals surface area contributed by atoms with Crippen molar-refractivity contribution in [2.75, 3.05) is 12.3 Å². The summed E-state index contributed by atoms with van der Waals surface area (Å²) in [5.41, 5.74) is 6.65. The lowest BCUT2D eigenvalue weighted by Gasteiger charge is -2.36. The summed E-state index contributed by atoms with van der Waals surface area (Å²) in [5, 5.41) is 0.706. The standard InChI is InChI=1S/C12H20N2OS/c1-9-10(2)16-4-3-14(9)7-12-5-11(6-13)8-15-12/h5,8-10H,3-4,6-7,13H2,1-2H3. The molecule has 2 rings (SSSR count). The predicted molar refractivity (Wildman–Crippen MR) is 68.4 cm³/mol. The van der Waals surface area contributed by atoms with Crippen LogP contribution in [-0.2, 0) is 13.1 Å². The summed E-state index contributed by atoms with van der Waals surface area (Å²) in [6, 6.07) is 2.68. The molecule has 3 nitrogen and oxygen atoms in total. The Labute approximate surface area is 101 Å². The van der Waals surface area contributed by atoms with Crippen molar-refractivity contribution in [2.24, 2.45) is 5.73 Å². The predicted octanol–water partition coefficient (Wildman–Crippen LogP) is 2.06. The second-order valence-electron chi connectivity index (χ2n) is 4.41. The minimum Gasteiger partial charge on any atom is -0.468 e. The molecule has 0 saturated carbocycles. The Morgan fingerprint density at radius 1 is 1.56 bits per heavy atom. The zero-order valence-electron chi connectivity index (χ0n) is 9.98. The minimum atomic E-state index is 0.561. The van der Waals surface area contributed by atoms with Crippen molar-refractivity contribution in [3.63, 3.8) is 0 Å². The molecule has 1 aliphatic rings. The summed E-state index contributed by atoms with van der Waals surface area (Å²) < 4.78 is 5.51. The number of nitrogens with zero attached hydrogens (tertiary/aromatic N) is 1. The summed E-state index contributed by atoms with van der Waals surface area (Å²) >= 11 is 2.06. The maximum atomic E-state index is 5.57. The Kier molecular flexibility index (Phi) is 3.95. The van der Waals surface area contributed by atoms with Gasteiger partial charge in [-0.1, -0.05) is 6.92 Å². The van der Waals surface area contributed by atoms with Gasteiger partial charge in [-0.2, -0.15) is 11.8 Å². The van der Waals surface area contributed by atoms with E-state index in [1.807, 2.05) is 0 Å². The lowest BCUT2D eigenvalue weighted by Crippen LogP contribution is -2.43. The molecule has 0 aromatic carbocycles. The largest absolute Gasteiger partial charge is 0.468 e. The zero-order chi connectivity index (χ0) is 11.5. The highest BCUT2D eigenvalue weighted by Crippen LogP contribution is 2.25. The van der Waals surface area contributed by atoms with Crippen LogP contribution < -0.4 is 5.73 Å². The lowest BCUT2D eigenvalue weighted by molar-refractivity contribution is 0.189. The van der Waals surface area contributed by atoms with Crippen molar-refractivity contribution >= 4 is 11.8 Å². The van der Waals surface area contributed by atoms with Gasteiger partial charge in [0.1, 0.15) is 5.76 Å². The van der Waals surface area contributed by atoms with Gasteiger partial charge < -0.3 is 10.2 Å². The SMILES string of the molecule is CC1SCCN(Cc2cc(CN)co2)C1C. The van der Waals surface area contributed by atoms with Crippen LogP contribution in [0.3, 0.4) is 0 Å². The summed E-state index contributed by atoms with van der Waals surface area (Å²) in [6.07, 6.45) is 1.77. The number of rotatable bonds is 3. The van der Waals surface area contributed by atoms with Crippen molar-refractivity contribution in [1.29, 1.82) is 0 Å². The molecular weight excluding hydrogens is 220 g/mol. The Balaban J connectivity index is 1.97. The number of thioether (sulfide) groups is 1. The number of hydrogen-bond acceptors (Lipinski definition) is 4. The quantitative estimate of drug-likeness (QED) is 0.878. The van der Waals surface area contributed by atoms with Crippen LogP contribution in [0.4, 0.5) is 0 Å². The van der Waals surface area contributed by atoms with Gasteiger partial charge in [0.25, 0.3) is 0 Å². The molecule has 1 aliphatic heterocycles. The Bertz CT molecular complexity index is 340. The van der Waals surface area contributed by atoms with Crippen LogP contribution in [0.2, 0.25) is 0 Å². The first-order chi connectivity index (χ1) is 7.70. The third-order valence-corrected chi connectivity index (χ3v) is 4.66. The summed E-state index contributed by atoms with van der Waals surface area (Å²) in [5.74, 6) is 2.25. The fraction of sp³-hybridized carbons (Fsp3) is 0.667. The van der Waals surface area contributed by atoms with Gasteiger partial charge in [-0.05, 0) is 13.0 Å². The topological polar surface area (TPSA) is 42.4 Å². The van der Waals surface area contributed by atoms with E-state index < -0.39 is 0 Å². The molecule has 0 spiro atoms. The molecule has 2 atom stereocenters. The molecule has 0 radical (unpaired) electrons. The highest BCUT2D eigenvalue weighted by molar-refractivity contribution is 8.00. The molecule has 0 amide bonds. The van der Waals surface area contributed by atoms with Gasteiger partial charge in [0.05, 0.1) is 12.8 Å². The van der Waals surface area contributed by atoms with Crippen molar-refractivity contribution in [1.82, 2.24) is 4.90 Å². The zero-order valence-corrected chi connectivity index (χ0v) is 10.8. The molecule has 1 aromatic heterocycles. The lowest BCUT2D eigenvalue weighted by atomic mass is 10.2. The molecule has 2 heterocycles. The molecule has 2 unspecified atom stereocenters. The Hall–Kier alpha value is -0.450. The molecule has 1 saturated heterocycles. The summed E-state index contributed by atoms with van der Waals surface area (Å²) in [4.78, 5) is 2.49. The van der Waals surface area contributed by atoms with Gasteiger partial charge in [0, 0.05) is 35.7 Å². The number of furan rings is 1. The monoisotopic (exact) mass is 240 g/mol. The van der Waals surface area contributed by atoms with Crippen LogP contribution >= 0.6 is 11.8 Å². The fourth-order valence-electron chi connectivity index (χ4n) is 2.03. The summed E-state index contributed by atoms with van der Waals surface area (Å²) in [6.45, 7) is 7.21. The number of nitrogens with two attached hydrogens (primary N) is 1. The van der Waals surface area contributed by atoms with E-state index in [0.717, 1.165) is 24.4 Å². The number of hydrogen-bond donors (Lipinski definition) is 1. The second kappa shape index (κ2) is 5.25. The van der Waals surface area contributed by atoms with E-state index in [-0.39, 0.29) is 0 Å². The first kappa shape index (κ1) is 12.0. The highest BCUT2D eigenvalue weighted by Gasteiger charge is 2.25. The van der Waals surface area contributed by atoms with Gasteiger partial charge in [0.2, 0.25) is 0 Å². The van der Waals surface area contributed by atoms with Crippen molar-refractivity contribution < 1.29 is 4.42 Å². The smallest absolute Gasteiger partial charge is 0.118 e. The fourth-order valence-corrected chi connectivity index (χ4v) is 3.20. The van der Waals surface area contributed by atoms with Crippen molar-refractivity contribution in [3.05, 3.63) is 23.7 Å². The molecule has 1 fully saturated rings. The van der Waals surface area contributed by atoms with E-state index in [1.165, 1.54) is 5.75 Å². The average Bonchev–Trinajstić information content (AvgIpc) is 2.73. The van der Waals surface area contributed by atoms with E-state index in [2.05, 4.69) is 36.6 Å². The first-order valence-electron chi connectivity index (χ1n) is 5.82. The molecular formula is C12H20N2OS. The highest BCUT2D eigenvalue weighted by atomic mass is 32.2. The van der Waals surface area contributed by atoms with E-state index >= 15 is 0 Å². The van der Waals surface area contributed by atoms with Gasteiger partial charge in [0.15, 0.2) is 0 Å². The van der Waals surface area contributed by atoms with E-state index in [1.54, 1.807) is 6.26 Å². The van der Waals surface area contributed by atoms with E-state index in [4.69, 9.17) is 10.2 Å². The first-order valence-corrected chi connectivity index (χ1v) is 6.87. The maximum absolute atomic E-state index is 5.57. The van der Waals surface area contributed by atoms with Gasteiger partial charge in [-0.25, -0.2) is 0 Å². The molecule has 1 aromatic rings. The molecule has 2 N–H and O–H groups in total. The van der Waals surface area contributed by atoms with Crippen LogP contribution in [0.15, 0.2) is 16.7 Å². The maximum Gasteiger partial charge on any atom is 0.118 e.